The van der Waals surface area contributed by atoms with Crippen molar-refractivity contribution in [1.29, 1.82) is 0 Å². The molecule has 1 N–H and O–H groups in total. The summed E-state index contributed by atoms with van der Waals surface area (Å²) in [6.45, 7) is 0.338. The van der Waals surface area contributed by atoms with E-state index >= 15 is 0 Å². The molecule has 0 fully saturated rings. The second-order valence-electron chi connectivity index (χ2n) is 5.66. The molecule has 3 rings (SSSR count). The molecule has 1 amide bonds. The third-order valence-corrected chi connectivity index (χ3v) is 5.00. The number of carbonyl (C=O) groups excluding carboxylic acids is 1. The highest BCUT2D eigenvalue weighted by Crippen LogP contribution is 2.17. The Morgan fingerprint density at radius 3 is 2.50 bits per heavy atom. The van der Waals surface area contributed by atoms with Crippen molar-refractivity contribution in [1.82, 2.24) is 4.57 Å². The molecule has 0 saturated heterocycles. The first kappa shape index (κ1) is 18.3. The van der Waals surface area contributed by atoms with Gasteiger partial charge in [0.2, 0.25) is 0 Å². The minimum absolute atomic E-state index is 0.160. The molecular formula is C20H17ClN2O2S. The number of rotatable bonds is 5. The van der Waals surface area contributed by atoms with E-state index in [1.54, 1.807) is 42.2 Å². The van der Waals surface area contributed by atoms with Gasteiger partial charge in [-0.1, -0.05) is 29.8 Å². The van der Waals surface area contributed by atoms with Gasteiger partial charge < -0.3 is 9.88 Å². The van der Waals surface area contributed by atoms with E-state index in [2.05, 4.69) is 5.32 Å². The molecule has 0 unspecified atom stereocenters. The van der Waals surface area contributed by atoms with Crippen molar-refractivity contribution >= 4 is 35.0 Å². The summed E-state index contributed by atoms with van der Waals surface area (Å²) in [7, 11) is 0. The lowest BCUT2D eigenvalue weighted by atomic mass is 10.2. The fourth-order valence-corrected chi connectivity index (χ4v) is 3.09. The normalized spacial score (nSPS) is 10.5. The predicted molar refractivity (Wildman–Crippen MR) is 107 cm³/mol. The van der Waals surface area contributed by atoms with Crippen LogP contribution in [0.3, 0.4) is 0 Å². The average Bonchev–Trinajstić information content (AvgIpc) is 2.66. The van der Waals surface area contributed by atoms with Gasteiger partial charge in [0, 0.05) is 27.7 Å². The Morgan fingerprint density at radius 2 is 1.81 bits per heavy atom. The molecular weight excluding hydrogens is 368 g/mol. The van der Waals surface area contributed by atoms with Crippen LogP contribution >= 0.6 is 23.4 Å². The number of nitrogens with zero attached hydrogens (tertiary/aromatic N) is 1. The number of benzene rings is 2. The van der Waals surface area contributed by atoms with Crippen molar-refractivity contribution in [3.05, 3.63) is 93.4 Å². The largest absolute Gasteiger partial charge is 0.321 e. The highest BCUT2D eigenvalue weighted by molar-refractivity contribution is 7.98. The van der Waals surface area contributed by atoms with E-state index in [4.69, 9.17) is 11.6 Å². The van der Waals surface area contributed by atoms with Gasteiger partial charge in [-0.3, -0.25) is 9.59 Å². The lowest BCUT2D eigenvalue weighted by molar-refractivity contribution is 0.102. The van der Waals surface area contributed by atoms with E-state index in [0.29, 0.717) is 22.8 Å². The third kappa shape index (κ3) is 4.36. The number of halogens is 1. The van der Waals surface area contributed by atoms with Crippen LogP contribution in [-0.2, 0) is 6.54 Å². The van der Waals surface area contributed by atoms with Gasteiger partial charge in [-0.15, -0.1) is 11.8 Å². The zero-order valence-electron chi connectivity index (χ0n) is 14.1. The lowest BCUT2D eigenvalue weighted by Crippen LogP contribution is -2.21. The quantitative estimate of drug-likeness (QED) is 0.658. The molecule has 132 valence electrons. The number of anilines is 1. The topological polar surface area (TPSA) is 51.1 Å². The number of amides is 1. The average molecular weight is 385 g/mol. The van der Waals surface area contributed by atoms with Crippen LogP contribution in [0.1, 0.15) is 15.9 Å². The maximum atomic E-state index is 12.4. The minimum atomic E-state index is -0.222. The molecule has 0 atom stereocenters. The summed E-state index contributed by atoms with van der Waals surface area (Å²) in [5.41, 5.74) is 1.79. The van der Waals surface area contributed by atoms with Crippen LogP contribution < -0.4 is 10.9 Å². The lowest BCUT2D eigenvalue weighted by Gasteiger charge is -2.11. The van der Waals surface area contributed by atoms with Crippen molar-refractivity contribution in [2.24, 2.45) is 0 Å². The molecule has 3 aromatic rings. The van der Waals surface area contributed by atoms with Gasteiger partial charge in [0.15, 0.2) is 0 Å². The van der Waals surface area contributed by atoms with Crippen LogP contribution in [0, 0.1) is 0 Å². The maximum Gasteiger partial charge on any atom is 0.255 e. The smallest absolute Gasteiger partial charge is 0.255 e. The van der Waals surface area contributed by atoms with E-state index in [1.807, 2.05) is 36.6 Å². The van der Waals surface area contributed by atoms with Gasteiger partial charge in [0.25, 0.3) is 11.5 Å². The molecule has 0 radical (unpaired) electrons. The predicted octanol–water partition coefficient (Wildman–Crippen LogP) is 4.52. The second kappa shape index (κ2) is 8.25. The Kier molecular flexibility index (Phi) is 5.81. The SMILES string of the molecule is CSc1ccc(C(=O)Nc2ccc(=O)n(Cc3ccccc3Cl)c2)cc1. The molecule has 0 bridgehead atoms. The molecule has 1 heterocycles. The molecule has 0 aliphatic heterocycles. The second-order valence-corrected chi connectivity index (χ2v) is 6.94. The van der Waals surface area contributed by atoms with Crippen LogP contribution in [0.4, 0.5) is 5.69 Å². The number of thioether (sulfide) groups is 1. The van der Waals surface area contributed by atoms with E-state index in [-0.39, 0.29) is 11.5 Å². The summed E-state index contributed by atoms with van der Waals surface area (Å²) in [4.78, 5) is 25.6. The maximum absolute atomic E-state index is 12.4. The number of hydrogen-bond acceptors (Lipinski definition) is 3. The summed E-state index contributed by atoms with van der Waals surface area (Å²) in [5.74, 6) is -0.222. The van der Waals surface area contributed by atoms with Crippen molar-refractivity contribution in [3.8, 4) is 0 Å². The summed E-state index contributed by atoms with van der Waals surface area (Å²) in [6, 6.07) is 17.8. The molecule has 0 spiro atoms. The van der Waals surface area contributed by atoms with Gasteiger partial charge >= 0.3 is 0 Å². The van der Waals surface area contributed by atoms with Crippen molar-refractivity contribution in [3.63, 3.8) is 0 Å². The van der Waals surface area contributed by atoms with Crippen molar-refractivity contribution in [2.75, 3.05) is 11.6 Å². The number of pyridine rings is 1. The van der Waals surface area contributed by atoms with Gasteiger partial charge in [0.05, 0.1) is 12.2 Å². The molecule has 26 heavy (non-hydrogen) atoms. The molecule has 4 nitrogen and oxygen atoms in total. The fraction of sp³-hybridized carbons (Fsp3) is 0.100. The zero-order chi connectivity index (χ0) is 18.5. The monoisotopic (exact) mass is 384 g/mol. The summed E-state index contributed by atoms with van der Waals surface area (Å²) >= 11 is 7.79. The van der Waals surface area contributed by atoms with Gasteiger partial charge in [0.1, 0.15) is 0 Å². The van der Waals surface area contributed by atoms with E-state index < -0.39 is 0 Å². The standard InChI is InChI=1S/C20H17ClN2O2S/c1-26-17-9-6-14(7-10-17)20(25)22-16-8-11-19(24)23(13-16)12-15-4-2-3-5-18(15)21/h2-11,13H,12H2,1H3,(H,22,25). The van der Waals surface area contributed by atoms with Crippen molar-refractivity contribution < 1.29 is 4.79 Å². The Labute approximate surface area is 160 Å². The van der Waals surface area contributed by atoms with Crippen LogP contribution in [0.5, 0.6) is 0 Å². The van der Waals surface area contributed by atoms with E-state index in [0.717, 1.165) is 10.5 Å². The summed E-state index contributed by atoms with van der Waals surface area (Å²) < 4.78 is 1.52. The minimum Gasteiger partial charge on any atom is -0.321 e. The van der Waals surface area contributed by atoms with Gasteiger partial charge in [-0.2, -0.15) is 0 Å². The van der Waals surface area contributed by atoms with Gasteiger partial charge in [-0.05, 0) is 48.2 Å². The van der Waals surface area contributed by atoms with E-state index in [1.165, 1.54) is 10.6 Å². The molecule has 0 saturated carbocycles. The van der Waals surface area contributed by atoms with Crippen LogP contribution in [0.2, 0.25) is 5.02 Å². The number of aromatic nitrogens is 1. The van der Waals surface area contributed by atoms with Crippen molar-refractivity contribution in [2.45, 2.75) is 11.4 Å². The fourth-order valence-electron chi connectivity index (χ4n) is 2.48. The van der Waals surface area contributed by atoms with E-state index in [9.17, 15) is 9.59 Å². The first-order valence-corrected chi connectivity index (χ1v) is 9.56. The van der Waals surface area contributed by atoms with Crippen LogP contribution in [0.25, 0.3) is 0 Å². The zero-order valence-corrected chi connectivity index (χ0v) is 15.7. The Hall–Kier alpha value is -2.50. The summed E-state index contributed by atoms with van der Waals surface area (Å²) in [6.07, 6.45) is 3.61. The molecule has 2 aromatic carbocycles. The Morgan fingerprint density at radius 1 is 1.08 bits per heavy atom. The first-order valence-electron chi connectivity index (χ1n) is 7.96. The molecule has 0 aliphatic carbocycles. The highest BCUT2D eigenvalue weighted by atomic mass is 35.5. The number of carbonyl (C=O) groups is 1. The number of nitrogens with one attached hydrogen (secondary N) is 1. The molecule has 0 aliphatic rings. The Balaban J connectivity index is 1.79. The van der Waals surface area contributed by atoms with Crippen LogP contribution in [0.15, 0.2) is 76.6 Å². The number of hydrogen-bond donors (Lipinski definition) is 1. The molecule has 1 aromatic heterocycles. The van der Waals surface area contributed by atoms with Crippen LogP contribution in [-0.4, -0.2) is 16.7 Å². The highest BCUT2D eigenvalue weighted by Gasteiger charge is 2.08. The summed E-state index contributed by atoms with van der Waals surface area (Å²) in [5, 5.41) is 3.42. The Bertz CT molecular complexity index is 984. The van der Waals surface area contributed by atoms with Gasteiger partial charge in [-0.25, -0.2) is 0 Å². The first-order chi connectivity index (χ1) is 12.6. The third-order valence-electron chi connectivity index (χ3n) is 3.89. The molecule has 6 heteroatoms.